The molecule has 1 fully saturated rings. The van der Waals surface area contributed by atoms with Gasteiger partial charge in [0.15, 0.2) is 0 Å². The normalized spacial score (nSPS) is 16.3. The summed E-state index contributed by atoms with van der Waals surface area (Å²) < 4.78 is 2.03. The zero-order valence-corrected chi connectivity index (χ0v) is 19.2. The van der Waals surface area contributed by atoms with Crippen molar-refractivity contribution in [2.24, 2.45) is 0 Å². The molecule has 3 aromatic rings. The van der Waals surface area contributed by atoms with Crippen LogP contribution < -0.4 is 4.90 Å². The van der Waals surface area contributed by atoms with Gasteiger partial charge in [-0.3, -0.25) is 9.59 Å². The first-order valence-electron chi connectivity index (χ1n) is 11.6. The molecule has 0 radical (unpaired) electrons. The van der Waals surface area contributed by atoms with Gasteiger partial charge < -0.3 is 14.4 Å². The predicted octanol–water partition coefficient (Wildman–Crippen LogP) is 4.59. The highest BCUT2D eigenvalue weighted by Gasteiger charge is 2.34. The Balaban J connectivity index is 1.66. The number of unbranched alkanes of at least 4 members (excludes halogenated alkanes) is 1. The molecule has 0 aliphatic carbocycles. The minimum Gasteiger partial charge on any atom is -0.342 e. The molecule has 6 nitrogen and oxygen atoms in total. The summed E-state index contributed by atoms with van der Waals surface area (Å²) in [6.45, 7) is 7.85. The Morgan fingerprint density at radius 3 is 2.56 bits per heavy atom. The van der Waals surface area contributed by atoms with Crippen molar-refractivity contribution in [2.45, 2.75) is 58.5 Å². The number of rotatable bonds is 8. The Morgan fingerprint density at radius 1 is 1.12 bits per heavy atom. The maximum Gasteiger partial charge on any atom is 0.247 e. The molecule has 2 heterocycles. The Bertz CT molecular complexity index is 1090. The molecule has 6 heteroatoms. The maximum atomic E-state index is 13.5. The summed E-state index contributed by atoms with van der Waals surface area (Å²) in [7, 11) is 0. The van der Waals surface area contributed by atoms with Crippen LogP contribution in [0.1, 0.15) is 51.8 Å². The van der Waals surface area contributed by atoms with Gasteiger partial charge >= 0.3 is 0 Å². The summed E-state index contributed by atoms with van der Waals surface area (Å²) >= 11 is 0. The number of imidazole rings is 1. The topological polar surface area (TPSA) is 58.4 Å². The molecule has 0 N–H and O–H groups in total. The van der Waals surface area contributed by atoms with Crippen molar-refractivity contribution < 1.29 is 9.59 Å². The number of carbonyl (C=O) groups is 2. The number of amides is 2. The molecule has 1 aliphatic rings. The standard InChI is InChI=1S/C26H32N4O2/c1-4-5-15-28-17-20(16-24(28)31)26-27-22-13-9-10-14-23(22)29(26)18-25(32)30(19(2)3)21-11-7-6-8-12-21/h6-14,19-20H,4-5,15-18H2,1-3H3/t20-/m0/s1. The van der Waals surface area contributed by atoms with Gasteiger partial charge in [-0.25, -0.2) is 4.98 Å². The van der Waals surface area contributed by atoms with Crippen LogP contribution in [0.3, 0.4) is 0 Å². The average Bonchev–Trinajstić information content (AvgIpc) is 3.33. The van der Waals surface area contributed by atoms with E-state index in [1.165, 1.54) is 0 Å². The quantitative estimate of drug-likeness (QED) is 0.523. The fourth-order valence-corrected chi connectivity index (χ4v) is 4.61. The molecule has 1 saturated heterocycles. The molecule has 0 bridgehead atoms. The molecule has 1 aliphatic heterocycles. The summed E-state index contributed by atoms with van der Waals surface area (Å²) in [6.07, 6.45) is 2.52. The van der Waals surface area contributed by atoms with Crippen LogP contribution in [0.25, 0.3) is 11.0 Å². The second-order valence-electron chi connectivity index (χ2n) is 8.83. The van der Waals surface area contributed by atoms with Crippen LogP contribution in [0.4, 0.5) is 5.69 Å². The average molecular weight is 433 g/mol. The number of aromatic nitrogens is 2. The van der Waals surface area contributed by atoms with Crippen molar-refractivity contribution in [2.75, 3.05) is 18.0 Å². The molecule has 2 aromatic carbocycles. The number of benzene rings is 2. The van der Waals surface area contributed by atoms with Crippen LogP contribution in [0.15, 0.2) is 54.6 Å². The molecule has 168 valence electrons. The SMILES string of the molecule is CCCCN1C[C@@H](c2nc3ccccc3n2CC(=O)N(c2ccccc2)C(C)C)CC1=O. The van der Waals surface area contributed by atoms with Crippen LogP contribution in [-0.2, 0) is 16.1 Å². The van der Waals surface area contributed by atoms with E-state index in [4.69, 9.17) is 4.98 Å². The van der Waals surface area contributed by atoms with Crippen molar-refractivity contribution >= 4 is 28.5 Å². The molecule has 4 rings (SSSR count). The van der Waals surface area contributed by atoms with Crippen LogP contribution in [0.5, 0.6) is 0 Å². The number of hydrogen-bond acceptors (Lipinski definition) is 3. The molecule has 32 heavy (non-hydrogen) atoms. The van der Waals surface area contributed by atoms with E-state index < -0.39 is 0 Å². The van der Waals surface area contributed by atoms with Gasteiger partial charge in [0.1, 0.15) is 12.4 Å². The van der Waals surface area contributed by atoms with Crippen molar-refractivity contribution in [3.05, 3.63) is 60.4 Å². The third-order valence-electron chi connectivity index (χ3n) is 6.16. The lowest BCUT2D eigenvalue weighted by Gasteiger charge is -2.27. The van der Waals surface area contributed by atoms with Gasteiger partial charge in [0.25, 0.3) is 0 Å². The molecule has 1 atom stereocenters. The number of fused-ring (bicyclic) bond motifs is 1. The molecule has 2 amide bonds. The number of anilines is 1. The lowest BCUT2D eigenvalue weighted by Crippen LogP contribution is -2.39. The number of carbonyl (C=O) groups excluding carboxylic acids is 2. The highest BCUT2D eigenvalue weighted by molar-refractivity contribution is 5.94. The van der Waals surface area contributed by atoms with Crippen LogP contribution in [0, 0.1) is 0 Å². The number of hydrogen-bond donors (Lipinski definition) is 0. The van der Waals surface area contributed by atoms with Crippen LogP contribution in [-0.4, -0.2) is 45.4 Å². The van der Waals surface area contributed by atoms with Crippen LogP contribution >= 0.6 is 0 Å². The summed E-state index contributed by atoms with van der Waals surface area (Å²) in [4.78, 5) is 34.8. The molecule has 0 spiro atoms. The number of likely N-dealkylation sites (tertiary alicyclic amines) is 1. The lowest BCUT2D eigenvalue weighted by atomic mass is 10.1. The van der Waals surface area contributed by atoms with E-state index in [1.807, 2.05) is 82.8 Å². The third-order valence-corrected chi connectivity index (χ3v) is 6.16. The van der Waals surface area contributed by atoms with Gasteiger partial charge in [-0.05, 0) is 44.5 Å². The molecule has 0 unspecified atom stereocenters. The third kappa shape index (κ3) is 4.40. The summed E-state index contributed by atoms with van der Waals surface area (Å²) in [5.74, 6) is 1.04. The molecular formula is C26H32N4O2. The van der Waals surface area contributed by atoms with E-state index in [9.17, 15) is 9.59 Å². The zero-order valence-electron chi connectivity index (χ0n) is 19.2. The van der Waals surface area contributed by atoms with Crippen molar-refractivity contribution in [3.63, 3.8) is 0 Å². The monoisotopic (exact) mass is 432 g/mol. The highest BCUT2D eigenvalue weighted by atomic mass is 16.2. The van der Waals surface area contributed by atoms with Gasteiger partial charge in [-0.2, -0.15) is 0 Å². The van der Waals surface area contributed by atoms with E-state index in [2.05, 4.69) is 6.92 Å². The second-order valence-corrected chi connectivity index (χ2v) is 8.83. The van der Waals surface area contributed by atoms with E-state index in [1.54, 1.807) is 0 Å². The van der Waals surface area contributed by atoms with E-state index in [0.29, 0.717) is 13.0 Å². The van der Waals surface area contributed by atoms with Gasteiger partial charge in [0.05, 0.1) is 11.0 Å². The van der Waals surface area contributed by atoms with Gasteiger partial charge in [-0.15, -0.1) is 0 Å². The van der Waals surface area contributed by atoms with Gasteiger partial charge in [0, 0.05) is 37.2 Å². The Kier molecular flexibility index (Phi) is 6.58. The fourth-order valence-electron chi connectivity index (χ4n) is 4.61. The lowest BCUT2D eigenvalue weighted by molar-refractivity contribution is -0.127. The first kappa shape index (κ1) is 22.1. The summed E-state index contributed by atoms with van der Waals surface area (Å²) in [5, 5.41) is 0. The van der Waals surface area contributed by atoms with Gasteiger partial charge in [-0.1, -0.05) is 43.7 Å². The highest BCUT2D eigenvalue weighted by Crippen LogP contribution is 2.31. The first-order valence-corrected chi connectivity index (χ1v) is 11.6. The molecule has 0 saturated carbocycles. The minimum absolute atomic E-state index is 0.00350. The van der Waals surface area contributed by atoms with Crippen LogP contribution in [0.2, 0.25) is 0 Å². The van der Waals surface area contributed by atoms with Crippen molar-refractivity contribution in [1.29, 1.82) is 0 Å². The van der Waals surface area contributed by atoms with Gasteiger partial charge in [0.2, 0.25) is 11.8 Å². The fraction of sp³-hybridized carbons (Fsp3) is 0.423. The zero-order chi connectivity index (χ0) is 22.7. The smallest absolute Gasteiger partial charge is 0.247 e. The summed E-state index contributed by atoms with van der Waals surface area (Å²) in [6, 6.07) is 17.7. The Labute approximate surface area is 189 Å². The van der Waals surface area contributed by atoms with E-state index >= 15 is 0 Å². The Hall–Kier alpha value is -3.15. The molecular weight excluding hydrogens is 400 g/mol. The molecule has 1 aromatic heterocycles. The minimum atomic E-state index is 0.00350. The van der Waals surface area contributed by atoms with E-state index in [-0.39, 0.29) is 30.3 Å². The summed E-state index contributed by atoms with van der Waals surface area (Å²) in [5.41, 5.74) is 2.69. The van der Waals surface area contributed by atoms with Crippen molar-refractivity contribution in [3.8, 4) is 0 Å². The number of para-hydroxylation sites is 3. The van der Waals surface area contributed by atoms with E-state index in [0.717, 1.165) is 41.9 Å². The number of nitrogens with zero attached hydrogens (tertiary/aromatic N) is 4. The predicted molar refractivity (Wildman–Crippen MR) is 128 cm³/mol. The Morgan fingerprint density at radius 2 is 1.84 bits per heavy atom. The first-order chi connectivity index (χ1) is 15.5. The second kappa shape index (κ2) is 9.55. The maximum absolute atomic E-state index is 13.5. The van der Waals surface area contributed by atoms with Crippen molar-refractivity contribution in [1.82, 2.24) is 14.5 Å². The largest absolute Gasteiger partial charge is 0.342 e.